The highest BCUT2D eigenvalue weighted by molar-refractivity contribution is 5.79. The molecular formula is C47H73N3O7. The lowest BCUT2D eigenvalue weighted by molar-refractivity contribution is -0.141. The maximum absolute atomic E-state index is 12.9. The van der Waals surface area contributed by atoms with Gasteiger partial charge in [0.15, 0.2) is 0 Å². The number of carboxylic acid groups (broad SMARTS) is 1. The van der Waals surface area contributed by atoms with E-state index in [2.05, 4.69) is 17.8 Å². The Morgan fingerprint density at radius 1 is 0.667 bits per heavy atom. The molecule has 57 heavy (non-hydrogen) atoms. The fourth-order valence-electron chi connectivity index (χ4n) is 7.00. The molecule has 0 aliphatic rings. The number of aliphatic hydroxyl groups excluding tert-OH is 1. The number of ether oxygens (including phenoxy) is 3. The van der Waals surface area contributed by atoms with Crippen molar-refractivity contribution in [1.29, 1.82) is 0 Å². The molecule has 10 nitrogen and oxygen atoms in total. The van der Waals surface area contributed by atoms with Crippen LogP contribution in [0.25, 0.3) is 0 Å². The van der Waals surface area contributed by atoms with Gasteiger partial charge in [0, 0.05) is 26.7 Å². The minimum absolute atomic E-state index is 0.0315. The van der Waals surface area contributed by atoms with E-state index in [1.54, 1.807) is 14.2 Å². The van der Waals surface area contributed by atoms with Crippen LogP contribution in [0.1, 0.15) is 139 Å². The summed E-state index contributed by atoms with van der Waals surface area (Å²) in [5.74, 6) is -0.597. The molecular weight excluding hydrogens is 719 g/mol. The Morgan fingerprint density at radius 2 is 1.16 bits per heavy atom. The lowest BCUT2D eigenvalue weighted by atomic mass is 9.79. The van der Waals surface area contributed by atoms with Crippen LogP contribution in [0.2, 0.25) is 0 Å². The first kappa shape index (κ1) is 49.3. The van der Waals surface area contributed by atoms with Crippen molar-refractivity contribution >= 4 is 11.9 Å². The summed E-state index contributed by atoms with van der Waals surface area (Å²) in [4.78, 5) is 23.1. The quantitative estimate of drug-likeness (QED) is 0.0237. The number of carboxylic acids is 1. The van der Waals surface area contributed by atoms with Gasteiger partial charge >= 0.3 is 5.97 Å². The van der Waals surface area contributed by atoms with Crippen molar-refractivity contribution in [3.63, 3.8) is 0 Å². The molecule has 0 aliphatic heterocycles. The molecule has 3 rings (SSSR count). The lowest BCUT2D eigenvalue weighted by Crippen LogP contribution is -2.44. The minimum atomic E-state index is -1.06. The zero-order chi connectivity index (χ0) is 41.4. The van der Waals surface area contributed by atoms with Crippen LogP contribution in [0.15, 0.2) is 84.9 Å². The molecule has 0 saturated heterocycles. The van der Waals surface area contributed by atoms with Crippen LogP contribution in [-0.4, -0.2) is 68.2 Å². The second kappa shape index (κ2) is 31.2. The zero-order valence-electron chi connectivity index (χ0n) is 35.1. The van der Waals surface area contributed by atoms with E-state index in [-0.39, 0.29) is 12.6 Å². The summed E-state index contributed by atoms with van der Waals surface area (Å²) in [6.07, 6.45) is 19.6. The molecule has 0 fully saturated rings. The summed E-state index contributed by atoms with van der Waals surface area (Å²) in [6.45, 7) is 3.35. The third-order valence-corrected chi connectivity index (χ3v) is 10.3. The highest BCUT2D eigenvalue weighted by Crippen LogP contribution is 2.42. The van der Waals surface area contributed by atoms with Gasteiger partial charge in [0.25, 0.3) is 0 Å². The van der Waals surface area contributed by atoms with E-state index in [1.165, 1.54) is 70.6 Å². The van der Waals surface area contributed by atoms with E-state index >= 15 is 0 Å². The number of carbonyl (C=O) groups excluding carboxylic acids is 1. The van der Waals surface area contributed by atoms with Crippen LogP contribution < -0.4 is 21.3 Å². The third-order valence-electron chi connectivity index (χ3n) is 10.3. The monoisotopic (exact) mass is 792 g/mol. The number of methoxy groups -OCH3 is 2. The molecule has 3 aromatic rings. The van der Waals surface area contributed by atoms with Crippen LogP contribution in [0.5, 0.6) is 5.75 Å². The van der Waals surface area contributed by atoms with Gasteiger partial charge in [-0.15, -0.1) is 0 Å². The number of aliphatic carboxylic acids is 1. The Bertz CT molecular complexity index is 1390. The Labute approximate surface area is 343 Å². The molecule has 0 heterocycles. The maximum atomic E-state index is 12.9. The van der Waals surface area contributed by atoms with Crippen molar-refractivity contribution in [3.05, 3.63) is 102 Å². The van der Waals surface area contributed by atoms with Crippen LogP contribution in [0.4, 0.5) is 0 Å². The van der Waals surface area contributed by atoms with Gasteiger partial charge in [-0.05, 0) is 48.1 Å². The van der Waals surface area contributed by atoms with Gasteiger partial charge in [0.2, 0.25) is 5.91 Å². The van der Waals surface area contributed by atoms with Gasteiger partial charge < -0.3 is 30.2 Å². The Morgan fingerprint density at radius 3 is 1.63 bits per heavy atom. The summed E-state index contributed by atoms with van der Waals surface area (Å²) >= 11 is 0. The number of carbonyl (C=O) groups is 2. The van der Waals surface area contributed by atoms with Crippen molar-refractivity contribution in [2.45, 2.75) is 140 Å². The first-order valence-corrected chi connectivity index (χ1v) is 21.4. The molecule has 0 radical (unpaired) electrons. The number of hydrogen-bond donors (Lipinski definition) is 5. The first-order chi connectivity index (χ1) is 27.8. The number of unbranched alkanes of at least 4 members (excludes halogenated alkanes) is 14. The van der Waals surface area contributed by atoms with Crippen LogP contribution in [0, 0.1) is 0 Å². The third kappa shape index (κ3) is 20.0. The number of nitrogens with two attached hydrogens (primary N) is 1. The topological polar surface area (TPSA) is 152 Å². The molecule has 0 spiro atoms. The van der Waals surface area contributed by atoms with Gasteiger partial charge in [0.1, 0.15) is 24.0 Å². The van der Waals surface area contributed by atoms with Crippen molar-refractivity contribution < 1.29 is 34.0 Å². The number of nitrogens with one attached hydrogen (secondary N) is 2. The average molecular weight is 792 g/mol. The molecule has 1 amide bonds. The van der Waals surface area contributed by atoms with Crippen molar-refractivity contribution in [2.24, 2.45) is 5.73 Å². The SMILES string of the molecule is CCCCCCCCC(CC(OC(c1ccccc1)(c1ccccc1)c1ccc(OC)cc1)C(N)=O)OC.O=C(O)CNNCCCCCCCCCCCCO. The van der Waals surface area contributed by atoms with Gasteiger partial charge in [-0.3, -0.25) is 15.0 Å². The number of primary amides is 1. The summed E-state index contributed by atoms with van der Waals surface area (Å²) in [6, 6.07) is 27.8. The fraction of sp³-hybridized carbons (Fsp3) is 0.574. The summed E-state index contributed by atoms with van der Waals surface area (Å²) < 4.78 is 18.2. The first-order valence-electron chi connectivity index (χ1n) is 21.4. The number of hydrogen-bond acceptors (Lipinski definition) is 8. The summed E-state index contributed by atoms with van der Waals surface area (Å²) in [5.41, 5.74) is 13.2. The van der Waals surface area contributed by atoms with E-state index in [9.17, 15) is 9.59 Å². The molecule has 2 atom stereocenters. The van der Waals surface area contributed by atoms with E-state index in [0.29, 0.717) is 13.0 Å². The number of benzene rings is 3. The lowest BCUT2D eigenvalue weighted by Gasteiger charge is -2.39. The summed E-state index contributed by atoms with van der Waals surface area (Å²) in [7, 11) is 3.34. The second-order valence-electron chi connectivity index (χ2n) is 14.7. The molecule has 0 bridgehead atoms. The predicted octanol–water partition coefficient (Wildman–Crippen LogP) is 9.07. The van der Waals surface area contributed by atoms with Crippen LogP contribution in [-0.2, 0) is 24.7 Å². The Balaban J connectivity index is 0.000000499. The number of rotatable bonds is 32. The fourth-order valence-corrected chi connectivity index (χ4v) is 7.00. The van der Waals surface area contributed by atoms with Crippen LogP contribution in [0.3, 0.4) is 0 Å². The molecule has 0 aliphatic carbocycles. The van der Waals surface area contributed by atoms with Gasteiger partial charge in [-0.25, -0.2) is 5.43 Å². The van der Waals surface area contributed by atoms with E-state index in [0.717, 1.165) is 67.5 Å². The molecule has 2 unspecified atom stereocenters. The predicted molar refractivity (Wildman–Crippen MR) is 230 cm³/mol. The van der Waals surface area contributed by atoms with E-state index in [1.807, 2.05) is 84.9 Å². The smallest absolute Gasteiger partial charge is 0.318 e. The van der Waals surface area contributed by atoms with Crippen LogP contribution >= 0.6 is 0 Å². The zero-order valence-corrected chi connectivity index (χ0v) is 35.1. The highest BCUT2D eigenvalue weighted by atomic mass is 16.5. The molecule has 0 aromatic heterocycles. The van der Waals surface area contributed by atoms with Gasteiger partial charge in [-0.2, -0.15) is 0 Å². The standard InChI is InChI=1S/C33H43NO4.C14H30N2O3/c1-4-5-6-7-8-15-20-30(37-3)25-31(32(34)35)38-33(26-16-11-9-12-17-26,27-18-13-10-14-19-27)28-21-23-29(36-2)24-22-28;17-12-10-8-6-4-2-1-3-5-7-9-11-15-16-13-14(18)19/h9-14,16-19,21-24,30-31H,4-8,15,20,25H2,1-3H3,(H2,34,35);15-17H,1-13H2,(H,18,19). The van der Waals surface area contributed by atoms with Gasteiger partial charge in [0.05, 0.1) is 13.2 Å². The summed E-state index contributed by atoms with van der Waals surface area (Å²) in [5, 5.41) is 17.0. The van der Waals surface area contributed by atoms with Crippen molar-refractivity contribution in [3.8, 4) is 5.75 Å². The Kier molecular flexibility index (Phi) is 27.0. The maximum Gasteiger partial charge on any atom is 0.318 e. The molecule has 10 heteroatoms. The molecule has 6 N–H and O–H groups in total. The molecule has 318 valence electrons. The Hall–Kier alpha value is -3.80. The highest BCUT2D eigenvalue weighted by Gasteiger charge is 2.41. The number of amides is 1. The number of hydrazine groups is 1. The van der Waals surface area contributed by atoms with Gasteiger partial charge in [-0.1, -0.05) is 170 Å². The van der Waals surface area contributed by atoms with E-state index in [4.69, 9.17) is 30.2 Å². The number of aliphatic hydroxyl groups is 1. The minimum Gasteiger partial charge on any atom is -0.497 e. The van der Waals surface area contributed by atoms with E-state index < -0.39 is 23.6 Å². The van der Waals surface area contributed by atoms with Crippen molar-refractivity contribution in [1.82, 2.24) is 10.9 Å². The van der Waals surface area contributed by atoms with Crippen molar-refractivity contribution in [2.75, 3.05) is 33.9 Å². The largest absolute Gasteiger partial charge is 0.497 e. The average Bonchev–Trinajstić information content (AvgIpc) is 3.23. The normalized spacial score (nSPS) is 12.4. The molecule has 0 saturated carbocycles. The second-order valence-corrected chi connectivity index (χ2v) is 14.7. The molecule has 3 aromatic carbocycles.